The number of nitrogens with one attached hydrogen (secondary N) is 1. The molecule has 0 spiro atoms. The molecule has 0 saturated carbocycles. The van der Waals surface area contributed by atoms with Gasteiger partial charge >= 0.3 is 0 Å². The van der Waals surface area contributed by atoms with E-state index in [1.54, 1.807) is 7.11 Å². The zero-order chi connectivity index (χ0) is 14.8. The minimum atomic E-state index is 0.622. The van der Waals surface area contributed by atoms with Gasteiger partial charge in [-0.25, -0.2) is 0 Å². The molecule has 0 aromatic heterocycles. The van der Waals surface area contributed by atoms with Crippen LogP contribution in [0.1, 0.15) is 32.3 Å². The van der Waals surface area contributed by atoms with Gasteiger partial charge in [0.15, 0.2) is 0 Å². The van der Waals surface area contributed by atoms with E-state index in [9.17, 15) is 0 Å². The van der Waals surface area contributed by atoms with Gasteiger partial charge in [-0.3, -0.25) is 0 Å². The maximum Gasteiger partial charge on any atom is 0.137 e. The number of rotatable bonds is 10. The fraction of sp³-hybridized carbons (Fsp3) is 0.625. The Balaban J connectivity index is 2.62. The Hall–Kier alpha value is -0.580. The van der Waals surface area contributed by atoms with Crippen LogP contribution in [0, 0.1) is 5.92 Å². The molecule has 1 aromatic rings. The van der Waals surface area contributed by atoms with Crippen LogP contribution in [-0.4, -0.2) is 26.9 Å². The van der Waals surface area contributed by atoms with Gasteiger partial charge in [0.05, 0.1) is 17.7 Å². The van der Waals surface area contributed by atoms with Gasteiger partial charge in [0, 0.05) is 25.8 Å². The number of hydrogen-bond donors (Lipinski definition) is 1. The molecule has 0 aliphatic heterocycles. The Morgan fingerprint density at radius 2 is 2.00 bits per heavy atom. The van der Waals surface area contributed by atoms with Gasteiger partial charge in [-0.2, -0.15) is 0 Å². The molecule has 1 rings (SSSR count). The maximum atomic E-state index is 6.05. The Labute approximate surface area is 131 Å². The highest BCUT2D eigenvalue weighted by Gasteiger charge is 2.10. The standard InChI is InChI=1S/C16H26BrNO2/c1-4-13(5-2)12-20-16-14(7-6-8-15(16)17)11-18-9-10-19-3/h6-8,13,18H,4-5,9-12H2,1-3H3. The molecular weight excluding hydrogens is 318 g/mol. The lowest BCUT2D eigenvalue weighted by Gasteiger charge is -2.18. The lowest BCUT2D eigenvalue weighted by Crippen LogP contribution is -2.19. The molecule has 0 atom stereocenters. The van der Waals surface area contributed by atoms with Crippen molar-refractivity contribution in [3.05, 3.63) is 28.2 Å². The van der Waals surface area contributed by atoms with E-state index in [1.165, 1.54) is 5.56 Å². The Bertz CT molecular complexity index is 381. The van der Waals surface area contributed by atoms with Gasteiger partial charge in [0.1, 0.15) is 5.75 Å². The van der Waals surface area contributed by atoms with Gasteiger partial charge in [-0.1, -0.05) is 38.8 Å². The van der Waals surface area contributed by atoms with E-state index in [0.29, 0.717) is 5.92 Å². The minimum absolute atomic E-state index is 0.622. The van der Waals surface area contributed by atoms with Crippen molar-refractivity contribution in [3.8, 4) is 5.75 Å². The first-order valence-corrected chi connectivity index (χ1v) is 8.12. The summed E-state index contributed by atoms with van der Waals surface area (Å²) in [5, 5.41) is 3.36. The van der Waals surface area contributed by atoms with Crippen LogP contribution in [0.15, 0.2) is 22.7 Å². The zero-order valence-electron chi connectivity index (χ0n) is 12.7. The molecule has 0 amide bonds. The average molecular weight is 344 g/mol. The Morgan fingerprint density at radius 3 is 2.65 bits per heavy atom. The van der Waals surface area contributed by atoms with Crippen molar-refractivity contribution in [2.45, 2.75) is 33.2 Å². The second-order valence-corrected chi connectivity index (χ2v) is 5.75. The predicted octanol–water partition coefficient (Wildman–Crippen LogP) is 4.00. The molecule has 0 radical (unpaired) electrons. The number of para-hydroxylation sites is 1. The second kappa shape index (κ2) is 10.2. The Kier molecular flexibility index (Phi) is 8.90. The fourth-order valence-electron chi connectivity index (χ4n) is 1.98. The van der Waals surface area contributed by atoms with Gasteiger partial charge in [-0.05, 0) is 27.9 Å². The largest absolute Gasteiger partial charge is 0.492 e. The van der Waals surface area contributed by atoms with Crippen LogP contribution in [-0.2, 0) is 11.3 Å². The van der Waals surface area contributed by atoms with Crippen LogP contribution in [0.2, 0.25) is 0 Å². The van der Waals surface area contributed by atoms with Gasteiger partial charge in [0.25, 0.3) is 0 Å². The van der Waals surface area contributed by atoms with Crippen molar-refractivity contribution in [2.75, 3.05) is 26.9 Å². The summed E-state index contributed by atoms with van der Waals surface area (Å²) in [6.45, 7) is 7.56. The molecule has 0 heterocycles. The van der Waals surface area contributed by atoms with Crippen molar-refractivity contribution in [1.82, 2.24) is 5.32 Å². The van der Waals surface area contributed by atoms with Crippen LogP contribution in [0.3, 0.4) is 0 Å². The van der Waals surface area contributed by atoms with E-state index >= 15 is 0 Å². The summed E-state index contributed by atoms with van der Waals surface area (Å²) in [4.78, 5) is 0. The monoisotopic (exact) mass is 343 g/mol. The van der Waals surface area contributed by atoms with Gasteiger partial charge in [-0.15, -0.1) is 0 Å². The average Bonchev–Trinajstić information content (AvgIpc) is 2.46. The third-order valence-electron chi connectivity index (χ3n) is 3.47. The quantitative estimate of drug-likeness (QED) is 0.651. The molecule has 0 fully saturated rings. The molecule has 114 valence electrons. The zero-order valence-corrected chi connectivity index (χ0v) is 14.3. The summed E-state index contributed by atoms with van der Waals surface area (Å²) >= 11 is 3.59. The number of hydrogen-bond acceptors (Lipinski definition) is 3. The van der Waals surface area contributed by atoms with Crippen molar-refractivity contribution < 1.29 is 9.47 Å². The third kappa shape index (κ3) is 5.81. The second-order valence-electron chi connectivity index (χ2n) is 4.89. The normalized spacial score (nSPS) is 11.1. The number of halogens is 1. The molecular formula is C16H26BrNO2. The van der Waals surface area contributed by atoms with Crippen LogP contribution in [0.25, 0.3) is 0 Å². The molecule has 1 N–H and O–H groups in total. The summed E-state index contributed by atoms with van der Waals surface area (Å²) in [6, 6.07) is 6.18. The van der Waals surface area contributed by atoms with Crippen LogP contribution >= 0.6 is 15.9 Å². The number of methoxy groups -OCH3 is 1. The van der Waals surface area contributed by atoms with Crippen LogP contribution < -0.4 is 10.1 Å². The highest BCUT2D eigenvalue weighted by atomic mass is 79.9. The Morgan fingerprint density at radius 1 is 1.25 bits per heavy atom. The van der Waals surface area contributed by atoms with Crippen molar-refractivity contribution in [2.24, 2.45) is 5.92 Å². The minimum Gasteiger partial charge on any atom is -0.492 e. The van der Waals surface area contributed by atoms with Crippen LogP contribution in [0.4, 0.5) is 0 Å². The predicted molar refractivity (Wildman–Crippen MR) is 87.3 cm³/mol. The number of ether oxygens (including phenoxy) is 2. The molecule has 4 heteroatoms. The van der Waals surface area contributed by atoms with E-state index < -0.39 is 0 Å². The van der Waals surface area contributed by atoms with E-state index in [0.717, 1.165) is 49.4 Å². The summed E-state index contributed by atoms with van der Waals surface area (Å²) in [5.41, 5.74) is 1.18. The van der Waals surface area contributed by atoms with Crippen molar-refractivity contribution >= 4 is 15.9 Å². The SMILES string of the molecule is CCC(CC)COc1c(Br)cccc1CNCCOC. The summed E-state index contributed by atoms with van der Waals surface area (Å²) < 4.78 is 12.1. The fourth-order valence-corrected chi connectivity index (χ4v) is 2.50. The van der Waals surface area contributed by atoms with Crippen molar-refractivity contribution in [3.63, 3.8) is 0 Å². The van der Waals surface area contributed by atoms with E-state index in [1.807, 2.05) is 12.1 Å². The van der Waals surface area contributed by atoms with Gasteiger partial charge < -0.3 is 14.8 Å². The number of benzene rings is 1. The molecule has 0 bridgehead atoms. The summed E-state index contributed by atoms with van der Waals surface area (Å²) in [7, 11) is 1.71. The molecule has 0 aliphatic carbocycles. The first-order valence-electron chi connectivity index (χ1n) is 7.32. The summed E-state index contributed by atoms with van der Waals surface area (Å²) in [5.74, 6) is 1.58. The third-order valence-corrected chi connectivity index (χ3v) is 4.09. The van der Waals surface area contributed by atoms with Crippen LogP contribution in [0.5, 0.6) is 5.75 Å². The topological polar surface area (TPSA) is 30.5 Å². The first kappa shape index (κ1) is 17.5. The molecule has 0 aliphatic rings. The molecule has 20 heavy (non-hydrogen) atoms. The lowest BCUT2D eigenvalue weighted by atomic mass is 10.1. The summed E-state index contributed by atoms with van der Waals surface area (Å²) in [6.07, 6.45) is 2.31. The maximum absolute atomic E-state index is 6.05. The highest BCUT2D eigenvalue weighted by molar-refractivity contribution is 9.10. The molecule has 0 saturated heterocycles. The smallest absolute Gasteiger partial charge is 0.137 e. The van der Waals surface area contributed by atoms with E-state index in [2.05, 4.69) is 41.2 Å². The molecule has 1 aromatic carbocycles. The first-order chi connectivity index (χ1) is 9.72. The molecule has 0 unspecified atom stereocenters. The van der Waals surface area contributed by atoms with Crippen molar-refractivity contribution in [1.29, 1.82) is 0 Å². The van der Waals surface area contributed by atoms with Gasteiger partial charge in [0.2, 0.25) is 0 Å². The molecule has 3 nitrogen and oxygen atoms in total. The van der Waals surface area contributed by atoms with E-state index in [-0.39, 0.29) is 0 Å². The highest BCUT2D eigenvalue weighted by Crippen LogP contribution is 2.29. The van der Waals surface area contributed by atoms with E-state index in [4.69, 9.17) is 9.47 Å². The lowest BCUT2D eigenvalue weighted by molar-refractivity contribution is 0.198.